The van der Waals surface area contributed by atoms with E-state index in [9.17, 15) is 9.90 Å². The zero-order valence-electron chi connectivity index (χ0n) is 17.6. The van der Waals surface area contributed by atoms with Crippen LogP contribution in [0, 0.1) is 11.8 Å². The first-order valence-corrected chi connectivity index (χ1v) is 10.4. The van der Waals surface area contributed by atoms with Gasteiger partial charge in [0.15, 0.2) is 12.2 Å². The number of anilines is 1. The van der Waals surface area contributed by atoms with Crippen LogP contribution in [0.1, 0.15) is 35.8 Å². The van der Waals surface area contributed by atoms with E-state index in [4.69, 9.17) is 14.9 Å². The summed E-state index contributed by atoms with van der Waals surface area (Å²) in [6.45, 7) is 1.28. The summed E-state index contributed by atoms with van der Waals surface area (Å²) in [7, 11) is 1.70. The number of hydrogen-bond donors (Lipinski definition) is 2. The van der Waals surface area contributed by atoms with Gasteiger partial charge in [-0.1, -0.05) is 24.0 Å². The maximum atomic E-state index is 12.8. The number of hydrogen-bond acceptors (Lipinski definition) is 8. The van der Waals surface area contributed by atoms with Crippen LogP contribution in [-0.2, 0) is 13.5 Å². The topological polar surface area (TPSA) is 120 Å². The smallest absolute Gasteiger partial charge is 0.270 e. The number of nitrogens with two attached hydrogens (primary N) is 1. The van der Waals surface area contributed by atoms with Crippen molar-refractivity contribution in [2.45, 2.75) is 30.9 Å². The number of piperidine rings is 1. The van der Waals surface area contributed by atoms with Gasteiger partial charge in [0.25, 0.3) is 11.4 Å². The molecule has 9 nitrogen and oxygen atoms in total. The molecular weight excluding hydrogens is 410 g/mol. The van der Waals surface area contributed by atoms with Crippen molar-refractivity contribution in [1.82, 2.24) is 14.5 Å². The Kier molecular flexibility index (Phi) is 4.87. The van der Waals surface area contributed by atoms with Gasteiger partial charge < -0.3 is 24.9 Å². The van der Waals surface area contributed by atoms with Crippen LogP contribution in [-0.4, -0.2) is 38.3 Å². The van der Waals surface area contributed by atoms with Gasteiger partial charge >= 0.3 is 0 Å². The lowest BCUT2D eigenvalue weighted by molar-refractivity contribution is 0.0362. The second-order valence-electron chi connectivity index (χ2n) is 8.14. The van der Waals surface area contributed by atoms with E-state index in [0.717, 1.165) is 5.56 Å². The normalized spacial score (nSPS) is 18.7. The van der Waals surface area contributed by atoms with Crippen molar-refractivity contribution < 1.29 is 14.3 Å². The van der Waals surface area contributed by atoms with Gasteiger partial charge in [0.1, 0.15) is 23.0 Å². The summed E-state index contributed by atoms with van der Waals surface area (Å²) in [5.41, 5.74) is 6.86. The van der Waals surface area contributed by atoms with Crippen LogP contribution >= 0.6 is 0 Å². The second-order valence-corrected chi connectivity index (χ2v) is 8.14. The van der Waals surface area contributed by atoms with Crippen LogP contribution in [0.2, 0.25) is 0 Å². The fourth-order valence-corrected chi connectivity index (χ4v) is 4.34. The van der Waals surface area contributed by atoms with Crippen molar-refractivity contribution in [3.8, 4) is 23.5 Å². The lowest BCUT2D eigenvalue weighted by atomic mass is 9.85. The Hall–Kier alpha value is -3.77. The third-order valence-electron chi connectivity index (χ3n) is 6.17. The minimum absolute atomic E-state index is 0.194. The number of nitrogens with zero attached hydrogens (tertiary/aromatic N) is 4. The van der Waals surface area contributed by atoms with Gasteiger partial charge in [0.05, 0.1) is 6.20 Å². The molecule has 3 N–H and O–H groups in total. The summed E-state index contributed by atoms with van der Waals surface area (Å²) in [5, 5.41) is 9.54. The first kappa shape index (κ1) is 20.2. The van der Waals surface area contributed by atoms with Gasteiger partial charge in [-0.3, -0.25) is 9.36 Å². The molecule has 9 heteroatoms. The Morgan fingerprint density at radius 1 is 1.31 bits per heavy atom. The molecule has 32 heavy (non-hydrogen) atoms. The first-order valence-electron chi connectivity index (χ1n) is 10.4. The van der Waals surface area contributed by atoms with Crippen LogP contribution in [0.25, 0.3) is 0 Å². The average Bonchev–Trinajstić information content (AvgIpc) is 3.33. The number of aromatic nitrogens is 3. The van der Waals surface area contributed by atoms with E-state index in [1.54, 1.807) is 25.2 Å². The van der Waals surface area contributed by atoms with Gasteiger partial charge in [-0.2, -0.15) is 4.98 Å². The number of aromatic hydroxyl groups is 1. The van der Waals surface area contributed by atoms with Gasteiger partial charge in [0, 0.05) is 39.4 Å². The molecule has 0 bridgehead atoms. The fourth-order valence-electron chi connectivity index (χ4n) is 4.34. The molecule has 2 aliphatic heterocycles. The third-order valence-corrected chi connectivity index (χ3v) is 6.17. The molecule has 0 amide bonds. The molecule has 0 aliphatic carbocycles. The van der Waals surface area contributed by atoms with Crippen LogP contribution in [0.15, 0.2) is 46.1 Å². The molecule has 1 saturated heterocycles. The number of phenols is 1. The monoisotopic (exact) mass is 433 g/mol. The SMILES string of the molecule is Cn1c(N2CCC3(CC2)Oc2ncoc2[C@H]3N)ncc(C#CCc2cccc(O)c2)c1=O. The van der Waals surface area contributed by atoms with Crippen LogP contribution < -0.4 is 20.9 Å². The Labute approximate surface area is 184 Å². The Morgan fingerprint density at radius 2 is 2.12 bits per heavy atom. The molecular formula is C23H23N5O4. The molecule has 2 aliphatic rings. The highest BCUT2D eigenvalue weighted by Gasteiger charge is 2.51. The van der Waals surface area contributed by atoms with E-state index < -0.39 is 5.60 Å². The number of fused-ring (bicyclic) bond motifs is 1. The van der Waals surface area contributed by atoms with E-state index in [-0.39, 0.29) is 17.4 Å². The number of ether oxygens (including phenoxy) is 1. The molecule has 164 valence electrons. The Bertz CT molecular complexity index is 1280. The quantitative estimate of drug-likeness (QED) is 0.584. The Morgan fingerprint density at radius 3 is 2.88 bits per heavy atom. The van der Waals surface area contributed by atoms with Crippen molar-refractivity contribution in [1.29, 1.82) is 0 Å². The zero-order chi connectivity index (χ0) is 22.3. The maximum absolute atomic E-state index is 12.8. The highest BCUT2D eigenvalue weighted by molar-refractivity contribution is 5.40. The maximum Gasteiger partial charge on any atom is 0.270 e. The van der Waals surface area contributed by atoms with Crippen molar-refractivity contribution in [2.24, 2.45) is 12.8 Å². The molecule has 0 unspecified atom stereocenters. The number of oxazole rings is 1. The van der Waals surface area contributed by atoms with Gasteiger partial charge in [-0.25, -0.2) is 4.98 Å². The van der Waals surface area contributed by atoms with Crippen molar-refractivity contribution >= 4 is 5.95 Å². The van der Waals surface area contributed by atoms with Crippen LogP contribution in [0.3, 0.4) is 0 Å². The highest BCUT2D eigenvalue weighted by atomic mass is 16.5. The zero-order valence-corrected chi connectivity index (χ0v) is 17.6. The predicted octanol–water partition coefficient (Wildman–Crippen LogP) is 1.50. The summed E-state index contributed by atoms with van der Waals surface area (Å²) in [6.07, 6.45) is 4.64. The number of rotatable bonds is 2. The number of phenolic OH excluding ortho intramolecular Hbond substituents is 1. The molecule has 1 atom stereocenters. The molecule has 3 aromatic rings. The molecule has 5 rings (SSSR count). The minimum atomic E-state index is -0.533. The molecule has 0 radical (unpaired) electrons. The van der Waals surface area contributed by atoms with Gasteiger partial charge in [-0.15, -0.1) is 0 Å². The van der Waals surface area contributed by atoms with E-state index in [1.807, 2.05) is 6.07 Å². The summed E-state index contributed by atoms with van der Waals surface area (Å²) >= 11 is 0. The predicted molar refractivity (Wildman–Crippen MR) is 116 cm³/mol. The summed E-state index contributed by atoms with van der Waals surface area (Å²) in [6, 6.07) is 6.54. The molecule has 1 aromatic carbocycles. The van der Waals surface area contributed by atoms with E-state index in [2.05, 4.69) is 26.7 Å². The van der Waals surface area contributed by atoms with Gasteiger partial charge in [-0.05, 0) is 17.7 Å². The number of benzene rings is 1. The summed E-state index contributed by atoms with van der Waals surface area (Å²) in [4.78, 5) is 23.5. The molecule has 4 heterocycles. The van der Waals surface area contributed by atoms with E-state index in [1.165, 1.54) is 17.2 Å². The first-order chi connectivity index (χ1) is 15.5. The standard InChI is InChI=1S/C23H23N5O4/c1-27-21(30)16(6-2-4-15-5-3-7-17(29)12-15)13-25-22(27)28-10-8-23(9-11-28)19(24)18-20(32-23)26-14-31-18/h3,5,7,12-14,19,29H,4,8-11,24H2,1H3/t19-/m1/s1. The van der Waals surface area contributed by atoms with Crippen LogP contribution in [0.5, 0.6) is 11.6 Å². The minimum Gasteiger partial charge on any atom is -0.508 e. The van der Waals surface area contributed by atoms with Crippen molar-refractivity contribution in [2.75, 3.05) is 18.0 Å². The van der Waals surface area contributed by atoms with E-state index >= 15 is 0 Å². The third kappa shape index (κ3) is 3.39. The summed E-state index contributed by atoms with van der Waals surface area (Å²) < 4.78 is 13.0. The van der Waals surface area contributed by atoms with E-state index in [0.29, 0.717) is 55.5 Å². The van der Waals surface area contributed by atoms with Crippen LogP contribution in [0.4, 0.5) is 5.95 Å². The fraction of sp³-hybridized carbons (Fsp3) is 0.348. The molecule has 1 fully saturated rings. The lowest BCUT2D eigenvalue weighted by Gasteiger charge is -2.40. The Balaban J connectivity index is 1.29. The summed E-state index contributed by atoms with van der Waals surface area (Å²) in [5.74, 6) is 7.74. The largest absolute Gasteiger partial charge is 0.508 e. The average molecular weight is 433 g/mol. The van der Waals surface area contributed by atoms with Crippen molar-refractivity contribution in [3.05, 3.63) is 64.1 Å². The molecule has 2 aromatic heterocycles. The highest BCUT2D eigenvalue weighted by Crippen LogP contribution is 2.46. The lowest BCUT2D eigenvalue weighted by Crippen LogP contribution is -2.52. The van der Waals surface area contributed by atoms with Gasteiger partial charge in [0.2, 0.25) is 5.95 Å². The second kappa shape index (κ2) is 7.73. The molecule has 0 saturated carbocycles. The van der Waals surface area contributed by atoms with Crippen molar-refractivity contribution in [3.63, 3.8) is 0 Å². The molecule has 1 spiro atoms.